The van der Waals surface area contributed by atoms with Crippen LogP contribution in [0.2, 0.25) is 0 Å². The maximum Gasteiger partial charge on any atom is 0.290 e. The fraction of sp³-hybridized carbons (Fsp3) is 0.500. The Balaban J connectivity index is 1.82. The molecule has 1 amide bonds. The van der Waals surface area contributed by atoms with Crippen LogP contribution in [0.4, 0.5) is 0 Å². The Morgan fingerprint density at radius 1 is 1.33 bits per heavy atom. The number of hydrogen-bond donors (Lipinski definition) is 2. The van der Waals surface area contributed by atoms with Crippen molar-refractivity contribution in [2.45, 2.75) is 19.4 Å². The summed E-state index contributed by atoms with van der Waals surface area (Å²) in [7, 11) is 1.55. The molecule has 0 saturated carbocycles. The van der Waals surface area contributed by atoms with Crippen molar-refractivity contribution in [3.05, 3.63) is 41.2 Å². The monoisotopic (exact) mass is 375 g/mol. The largest absolute Gasteiger partial charge is 0.503 e. The first-order chi connectivity index (χ1) is 13.0. The third-order valence-electron chi connectivity index (χ3n) is 5.25. The number of ketones is 1. The minimum atomic E-state index is -0.620. The standard InChI is InChI=1S/C20H26N2O5/c1-14(23)17-18(15-6-3-4-7-16(15)26-2)22(20(25)19(17)24)9-5-8-21-10-12-27-13-11-21/h3-4,6-7,18,24H,5,8-13H2,1-2H3/p+1/t18-/m1/s1. The zero-order valence-corrected chi connectivity index (χ0v) is 15.9. The zero-order valence-electron chi connectivity index (χ0n) is 15.9. The fourth-order valence-electron chi connectivity index (χ4n) is 3.87. The van der Waals surface area contributed by atoms with Crippen molar-refractivity contribution < 1.29 is 29.1 Å². The normalized spacial score (nSPS) is 21.0. The van der Waals surface area contributed by atoms with Crippen LogP contribution in [0.3, 0.4) is 0 Å². The molecular formula is C20H27N2O5+. The van der Waals surface area contributed by atoms with Gasteiger partial charge in [-0.3, -0.25) is 9.59 Å². The number of ether oxygens (including phenoxy) is 2. The Labute approximate surface area is 159 Å². The van der Waals surface area contributed by atoms with Crippen LogP contribution < -0.4 is 9.64 Å². The lowest BCUT2D eigenvalue weighted by atomic mass is 9.96. The highest BCUT2D eigenvalue weighted by Gasteiger charge is 2.43. The summed E-state index contributed by atoms with van der Waals surface area (Å²) < 4.78 is 10.8. The molecule has 146 valence electrons. The van der Waals surface area contributed by atoms with Crippen molar-refractivity contribution in [1.82, 2.24) is 4.90 Å². The van der Waals surface area contributed by atoms with Crippen molar-refractivity contribution in [2.75, 3.05) is 46.5 Å². The number of methoxy groups -OCH3 is 1. The summed E-state index contributed by atoms with van der Waals surface area (Å²) in [5.41, 5.74) is 0.851. The van der Waals surface area contributed by atoms with Gasteiger partial charge in [0.1, 0.15) is 18.8 Å². The van der Waals surface area contributed by atoms with Crippen LogP contribution in [0.25, 0.3) is 0 Å². The lowest BCUT2D eigenvalue weighted by Crippen LogP contribution is -3.14. The molecule has 0 unspecified atom stereocenters. The Hall–Kier alpha value is -2.38. The molecule has 2 N–H and O–H groups in total. The molecule has 0 bridgehead atoms. The second kappa shape index (κ2) is 8.54. The van der Waals surface area contributed by atoms with Crippen LogP contribution in [-0.2, 0) is 14.3 Å². The van der Waals surface area contributed by atoms with Gasteiger partial charge in [-0.05, 0) is 13.0 Å². The van der Waals surface area contributed by atoms with Gasteiger partial charge in [0.05, 0.1) is 38.5 Å². The summed E-state index contributed by atoms with van der Waals surface area (Å²) in [6.07, 6.45) is 0.783. The van der Waals surface area contributed by atoms with E-state index in [2.05, 4.69) is 0 Å². The molecule has 2 heterocycles. The lowest BCUT2D eigenvalue weighted by molar-refractivity contribution is -0.908. The van der Waals surface area contributed by atoms with E-state index in [4.69, 9.17) is 9.47 Å². The van der Waals surface area contributed by atoms with Gasteiger partial charge in [0.15, 0.2) is 11.5 Å². The first-order valence-electron chi connectivity index (χ1n) is 9.33. The van der Waals surface area contributed by atoms with E-state index in [-0.39, 0.29) is 11.4 Å². The SMILES string of the molecule is COc1ccccc1[C@@H]1C(C(C)=O)=C(O)C(=O)N1CCC[NH+]1CCOCC1. The molecule has 7 nitrogen and oxygen atoms in total. The molecule has 1 atom stereocenters. The third-order valence-corrected chi connectivity index (χ3v) is 5.25. The summed E-state index contributed by atoms with van der Waals surface area (Å²) >= 11 is 0. The molecule has 0 spiro atoms. The number of Topliss-reactive ketones (excluding diaryl/α,β-unsaturated/α-hetero) is 1. The maximum absolute atomic E-state index is 12.7. The molecule has 7 heteroatoms. The van der Waals surface area contributed by atoms with Crippen molar-refractivity contribution in [3.63, 3.8) is 0 Å². The molecule has 1 aromatic carbocycles. The minimum Gasteiger partial charge on any atom is -0.503 e. The number of amides is 1. The summed E-state index contributed by atoms with van der Waals surface area (Å²) in [5.74, 6) is -0.657. The molecule has 2 aliphatic heterocycles. The molecule has 0 radical (unpaired) electrons. The summed E-state index contributed by atoms with van der Waals surface area (Å²) in [6, 6.07) is 6.68. The average Bonchev–Trinajstić information content (AvgIpc) is 2.93. The average molecular weight is 375 g/mol. The number of nitrogens with zero attached hydrogens (tertiary/aromatic N) is 1. The number of para-hydroxylation sites is 1. The number of aliphatic hydroxyl groups excluding tert-OH is 1. The smallest absolute Gasteiger partial charge is 0.290 e. The minimum absolute atomic E-state index is 0.142. The summed E-state index contributed by atoms with van der Waals surface area (Å²) in [5, 5.41) is 10.3. The van der Waals surface area contributed by atoms with E-state index in [9.17, 15) is 14.7 Å². The van der Waals surface area contributed by atoms with Crippen LogP contribution in [0, 0.1) is 0 Å². The summed E-state index contributed by atoms with van der Waals surface area (Å²) in [6.45, 7) is 6.22. The van der Waals surface area contributed by atoms with Gasteiger partial charge in [0.25, 0.3) is 5.91 Å². The van der Waals surface area contributed by atoms with Gasteiger partial charge in [-0.2, -0.15) is 0 Å². The van der Waals surface area contributed by atoms with E-state index in [0.717, 1.165) is 39.3 Å². The quantitative estimate of drug-likeness (QED) is 0.716. The van der Waals surface area contributed by atoms with E-state index >= 15 is 0 Å². The van der Waals surface area contributed by atoms with Gasteiger partial charge < -0.3 is 24.4 Å². The number of hydrogen-bond acceptors (Lipinski definition) is 5. The Bertz CT molecular complexity index is 740. The number of rotatable bonds is 7. The number of nitrogens with one attached hydrogen (secondary N) is 1. The number of benzene rings is 1. The molecule has 1 aromatic rings. The van der Waals surface area contributed by atoms with Crippen molar-refractivity contribution in [1.29, 1.82) is 0 Å². The van der Waals surface area contributed by atoms with Crippen LogP contribution in [-0.4, -0.2) is 68.2 Å². The van der Waals surface area contributed by atoms with Crippen LogP contribution in [0.15, 0.2) is 35.6 Å². The first-order valence-corrected chi connectivity index (χ1v) is 9.33. The molecule has 3 rings (SSSR count). The lowest BCUT2D eigenvalue weighted by Gasteiger charge is -2.29. The number of morpholine rings is 1. The molecule has 1 fully saturated rings. The molecule has 27 heavy (non-hydrogen) atoms. The van der Waals surface area contributed by atoms with Crippen LogP contribution in [0.5, 0.6) is 5.75 Å². The van der Waals surface area contributed by atoms with Crippen molar-refractivity contribution in [2.24, 2.45) is 0 Å². The van der Waals surface area contributed by atoms with E-state index in [1.807, 2.05) is 18.2 Å². The van der Waals surface area contributed by atoms with Gasteiger partial charge in [-0.1, -0.05) is 18.2 Å². The fourth-order valence-corrected chi connectivity index (χ4v) is 3.87. The second-order valence-electron chi connectivity index (χ2n) is 6.93. The Kier molecular flexibility index (Phi) is 6.13. The summed E-state index contributed by atoms with van der Waals surface area (Å²) in [4.78, 5) is 27.9. The molecular weight excluding hydrogens is 348 g/mol. The van der Waals surface area contributed by atoms with Crippen LogP contribution >= 0.6 is 0 Å². The maximum atomic E-state index is 12.7. The Morgan fingerprint density at radius 2 is 2.04 bits per heavy atom. The number of carbonyl (C=O) groups excluding carboxylic acids is 2. The Morgan fingerprint density at radius 3 is 2.70 bits per heavy atom. The van der Waals surface area contributed by atoms with Gasteiger partial charge in [-0.25, -0.2) is 0 Å². The van der Waals surface area contributed by atoms with E-state index in [1.165, 1.54) is 11.8 Å². The van der Waals surface area contributed by atoms with Gasteiger partial charge in [-0.15, -0.1) is 0 Å². The number of quaternary nitrogens is 1. The van der Waals surface area contributed by atoms with Crippen molar-refractivity contribution in [3.8, 4) is 5.75 Å². The van der Waals surface area contributed by atoms with E-state index in [0.29, 0.717) is 17.9 Å². The van der Waals surface area contributed by atoms with Gasteiger partial charge >= 0.3 is 0 Å². The highest BCUT2D eigenvalue weighted by atomic mass is 16.5. The second-order valence-corrected chi connectivity index (χ2v) is 6.93. The van der Waals surface area contributed by atoms with Crippen LogP contribution in [0.1, 0.15) is 24.9 Å². The third kappa shape index (κ3) is 3.99. The molecule has 2 aliphatic rings. The van der Waals surface area contributed by atoms with Gasteiger partial charge in [0.2, 0.25) is 0 Å². The van der Waals surface area contributed by atoms with E-state index < -0.39 is 17.7 Å². The molecule has 0 aliphatic carbocycles. The zero-order chi connectivity index (χ0) is 19.4. The highest BCUT2D eigenvalue weighted by Crippen LogP contribution is 2.41. The van der Waals surface area contributed by atoms with Crippen molar-refractivity contribution >= 4 is 11.7 Å². The first kappa shape index (κ1) is 19.4. The number of aliphatic hydroxyl groups is 1. The highest BCUT2D eigenvalue weighted by molar-refractivity contribution is 6.08. The van der Waals surface area contributed by atoms with Gasteiger partial charge in [0, 0.05) is 18.5 Å². The molecule has 0 aromatic heterocycles. The predicted molar refractivity (Wildman–Crippen MR) is 98.8 cm³/mol. The molecule has 1 saturated heterocycles. The number of carbonyl (C=O) groups is 2. The predicted octanol–water partition coefficient (Wildman–Crippen LogP) is 0.285. The topological polar surface area (TPSA) is 80.5 Å². The van der Waals surface area contributed by atoms with E-state index in [1.54, 1.807) is 18.1 Å².